The number of hydrogen-bond donors (Lipinski definition) is 1. The Morgan fingerprint density at radius 1 is 1.33 bits per heavy atom. The number of nitrogens with zero attached hydrogens (tertiary/aromatic N) is 3. The topological polar surface area (TPSA) is 102 Å². The highest BCUT2D eigenvalue weighted by Crippen LogP contribution is 2.28. The van der Waals surface area contributed by atoms with Crippen molar-refractivity contribution >= 4 is 16.3 Å². The normalized spacial score (nSPS) is 11.8. The number of benzene rings is 1. The van der Waals surface area contributed by atoms with Gasteiger partial charge in [-0.25, -0.2) is 13.1 Å². The minimum atomic E-state index is -3.62. The molecule has 0 aliphatic heterocycles. The number of sulfonamides is 1. The van der Waals surface area contributed by atoms with Crippen LogP contribution in [0.1, 0.15) is 10.4 Å². The largest absolute Gasteiger partial charge is 0.493 e. The molecule has 1 heterocycles. The molecule has 0 radical (unpaired) electrons. The summed E-state index contributed by atoms with van der Waals surface area (Å²) >= 11 is 0. The van der Waals surface area contributed by atoms with E-state index in [1.807, 2.05) is 0 Å². The summed E-state index contributed by atoms with van der Waals surface area (Å²) in [4.78, 5) is 11.2. The van der Waals surface area contributed by atoms with Crippen LogP contribution < -0.4 is 0 Å². The van der Waals surface area contributed by atoms with Gasteiger partial charge in [0, 0.05) is 33.3 Å². The molecule has 0 amide bonds. The summed E-state index contributed by atoms with van der Waals surface area (Å²) in [6, 6.07) is 5.97. The van der Waals surface area contributed by atoms with Gasteiger partial charge in [0.25, 0.3) is 0 Å². The molecule has 1 aromatic heterocycles. The molecule has 2 rings (SSSR count). The van der Waals surface area contributed by atoms with Gasteiger partial charge in [-0.1, -0.05) is 12.1 Å². The van der Waals surface area contributed by atoms with E-state index in [-0.39, 0.29) is 22.9 Å². The maximum atomic E-state index is 12.4. The van der Waals surface area contributed by atoms with Gasteiger partial charge < -0.3 is 9.84 Å². The van der Waals surface area contributed by atoms with E-state index in [1.54, 1.807) is 12.1 Å². The maximum absolute atomic E-state index is 12.4. The molecule has 1 aromatic carbocycles. The van der Waals surface area contributed by atoms with Crippen molar-refractivity contribution < 1.29 is 23.1 Å². The summed E-state index contributed by atoms with van der Waals surface area (Å²) < 4.78 is 32.1. The Morgan fingerprint density at radius 2 is 1.96 bits per heavy atom. The monoisotopic (exact) mass is 353 g/mol. The number of aryl methyl sites for hydroxylation is 1. The van der Waals surface area contributed by atoms with E-state index < -0.39 is 10.0 Å². The number of methoxy groups -OCH3 is 1. The standard InChI is InChI=1S/C15H19N3O5S/c1-17(8-9-23-3)24(21,22)12-6-4-11(5-7-12)14-13(10-19)15(20)18(2)16-14/h4-7,10,20H,8-9H2,1-3H3. The van der Waals surface area contributed by atoms with E-state index in [4.69, 9.17) is 4.74 Å². The van der Waals surface area contributed by atoms with Gasteiger partial charge in [-0.3, -0.25) is 4.79 Å². The molecule has 0 spiro atoms. The van der Waals surface area contributed by atoms with Gasteiger partial charge in [-0.05, 0) is 12.1 Å². The summed E-state index contributed by atoms with van der Waals surface area (Å²) in [6.45, 7) is 0.535. The van der Waals surface area contributed by atoms with Crippen LogP contribution in [0.4, 0.5) is 0 Å². The molecule has 9 heteroatoms. The van der Waals surface area contributed by atoms with Crippen LogP contribution in [0.5, 0.6) is 5.88 Å². The fourth-order valence-corrected chi connectivity index (χ4v) is 3.31. The molecule has 0 saturated carbocycles. The van der Waals surface area contributed by atoms with Gasteiger partial charge >= 0.3 is 0 Å². The first-order valence-corrected chi connectivity index (χ1v) is 8.53. The second-order valence-electron chi connectivity index (χ2n) is 5.17. The highest BCUT2D eigenvalue weighted by atomic mass is 32.2. The third-order valence-corrected chi connectivity index (χ3v) is 5.49. The van der Waals surface area contributed by atoms with Crippen molar-refractivity contribution in [2.45, 2.75) is 4.90 Å². The Morgan fingerprint density at radius 3 is 2.50 bits per heavy atom. The first-order valence-electron chi connectivity index (χ1n) is 7.09. The minimum Gasteiger partial charge on any atom is -0.493 e. The minimum absolute atomic E-state index is 0.0605. The molecule has 0 bridgehead atoms. The summed E-state index contributed by atoms with van der Waals surface area (Å²) in [7, 11) is 0.867. The zero-order valence-corrected chi connectivity index (χ0v) is 14.4. The number of carbonyl (C=O) groups excluding carboxylic acids is 1. The van der Waals surface area contributed by atoms with Crippen LogP contribution in [0.2, 0.25) is 0 Å². The van der Waals surface area contributed by atoms with E-state index in [9.17, 15) is 18.3 Å². The van der Waals surface area contributed by atoms with Gasteiger partial charge in [-0.2, -0.15) is 9.40 Å². The average Bonchev–Trinajstić information content (AvgIpc) is 2.87. The summed E-state index contributed by atoms with van der Waals surface area (Å²) in [5.74, 6) is -0.240. The lowest BCUT2D eigenvalue weighted by Gasteiger charge is -2.16. The molecule has 24 heavy (non-hydrogen) atoms. The Bertz CT molecular complexity index is 828. The first kappa shape index (κ1) is 18.1. The predicted molar refractivity (Wildman–Crippen MR) is 87.4 cm³/mol. The predicted octanol–water partition coefficient (Wildman–Crippen LogP) is 0.872. The third-order valence-electron chi connectivity index (χ3n) is 3.62. The summed E-state index contributed by atoms with van der Waals surface area (Å²) in [5, 5.41) is 13.9. The number of aromatic hydroxyl groups is 1. The smallest absolute Gasteiger partial charge is 0.242 e. The van der Waals surface area contributed by atoms with Crippen molar-refractivity contribution in [3.63, 3.8) is 0 Å². The van der Waals surface area contributed by atoms with Crippen molar-refractivity contribution in [3.8, 4) is 17.1 Å². The van der Waals surface area contributed by atoms with E-state index >= 15 is 0 Å². The van der Waals surface area contributed by atoms with Crippen LogP contribution in [-0.2, 0) is 21.8 Å². The van der Waals surface area contributed by atoms with E-state index in [0.29, 0.717) is 24.2 Å². The molecule has 130 valence electrons. The molecule has 0 fully saturated rings. The molecule has 0 aliphatic carbocycles. The average molecular weight is 353 g/mol. The molecule has 0 atom stereocenters. The van der Waals surface area contributed by atoms with Gasteiger partial charge in [-0.15, -0.1) is 0 Å². The fraction of sp³-hybridized carbons (Fsp3) is 0.333. The SMILES string of the molecule is COCCN(C)S(=O)(=O)c1ccc(-c2nn(C)c(O)c2C=O)cc1. The van der Waals surface area contributed by atoms with Crippen molar-refractivity contribution in [2.75, 3.05) is 27.3 Å². The molecule has 8 nitrogen and oxygen atoms in total. The lowest BCUT2D eigenvalue weighted by molar-refractivity contribution is 0.112. The number of rotatable bonds is 7. The van der Waals surface area contributed by atoms with Crippen LogP contribution in [0.25, 0.3) is 11.3 Å². The first-order chi connectivity index (χ1) is 11.3. The Hall–Kier alpha value is -2.23. The third kappa shape index (κ3) is 3.32. The molecule has 1 N–H and O–H groups in total. The molecule has 0 saturated heterocycles. The van der Waals surface area contributed by atoms with Crippen LogP contribution in [-0.4, -0.2) is 61.2 Å². The second kappa shape index (κ2) is 7.12. The second-order valence-corrected chi connectivity index (χ2v) is 7.22. The van der Waals surface area contributed by atoms with Crippen LogP contribution >= 0.6 is 0 Å². The molecule has 0 unspecified atom stereocenters. The van der Waals surface area contributed by atoms with Crippen LogP contribution in [0.15, 0.2) is 29.2 Å². The molecule has 2 aromatic rings. The zero-order chi connectivity index (χ0) is 17.9. The number of carbonyl (C=O) groups is 1. The number of likely N-dealkylation sites (N-methyl/N-ethyl adjacent to an activating group) is 1. The zero-order valence-electron chi connectivity index (χ0n) is 13.6. The fourth-order valence-electron chi connectivity index (χ4n) is 2.16. The van der Waals surface area contributed by atoms with Crippen LogP contribution in [0, 0.1) is 0 Å². The molecular formula is C15H19N3O5S. The highest BCUT2D eigenvalue weighted by Gasteiger charge is 2.21. The van der Waals surface area contributed by atoms with Crippen molar-refractivity contribution in [2.24, 2.45) is 7.05 Å². The Balaban J connectivity index is 2.35. The lowest BCUT2D eigenvalue weighted by Crippen LogP contribution is -2.30. The highest BCUT2D eigenvalue weighted by molar-refractivity contribution is 7.89. The molecular weight excluding hydrogens is 334 g/mol. The summed E-state index contributed by atoms with van der Waals surface area (Å²) in [5.41, 5.74) is 0.887. The summed E-state index contributed by atoms with van der Waals surface area (Å²) in [6.07, 6.45) is 0.515. The quantitative estimate of drug-likeness (QED) is 0.741. The van der Waals surface area contributed by atoms with Gasteiger partial charge in [0.05, 0.1) is 11.5 Å². The van der Waals surface area contributed by atoms with Crippen molar-refractivity contribution in [1.29, 1.82) is 0 Å². The number of aldehydes is 1. The maximum Gasteiger partial charge on any atom is 0.242 e. The van der Waals surface area contributed by atoms with Crippen molar-refractivity contribution in [3.05, 3.63) is 29.8 Å². The lowest BCUT2D eigenvalue weighted by atomic mass is 10.1. The van der Waals surface area contributed by atoms with Crippen LogP contribution in [0.3, 0.4) is 0 Å². The van der Waals surface area contributed by atoms with E-state index in [2.05, 4.69) is 5.10 Å². The Kier molecular flexibility index (Phi) is 5.37. The number of aromatic nitrogens is 2. The Labute approximate surface area is 140 Å². The molecule has 0 aliphatic rings. The number of hydrogen-bond acceptors (Lipinski definition) is 6. The van der Waals surface area contributed by atoms with Crippen molar-refractivity contribution in [1.82, 2.24) is 14.1 Å². The van der Waals surface area contributed by atoms with Gasteiger partial charge in [0.2, 0.25) is 15.9 Å². The van der Waals surface area contributed by atoms with E-state index in [0.717, 1.165) is 0 Å². The van der Waals surface area contributed by atoms with Gasteiger partial charge in [0.15, 0.2) is 6.29 Å². The van der Waals surface area contributed by atoms with E-state index in [1.165, 1.54) is 42.3 Å². The van der Waals surface area contributed by atoms with Gasteiger partial charge in [0.1, 0.15) is 11.3 Å². The number of ether oxygens (including phenoxy) is 1.